The molecule has 0 radical (unpaired) electrons. The van der Waals surface area contributed by atoms with E-state index in [1.54, 1.807) is 11.8 Å². The van der Waals surface area contributed by atoms with E-state index in [0.29, 0.717) is 0 Å². The van der Waals surface area contributed by atoms with Gasteiger partial charge in [-0.05, 0) is 25.0 Å². The molecule has 1 heterocycles. The standard InChI is InChI=1S/C12H15NOS/c14-12-11(8-4-5-9-13-12)15-10-6-2-1-3-7-10/h1-3,6-7,11H,4-5,8-9H2,(H,13,14). The highest BCUT2D eigenvalue weighted by atomic mass is 32.2. The summed E-state index contributed by atoms with van der Waals surface area (Å²) in [4.78, 5) is 12.9. The Morgan fingerprint density at radius 3 is 2.80 bits per heavy atom. The minimum Gasteiger partial charge on any atom is -0.355 e. The molecule has 1 aromatic rings. The van der Waals surface area contributed by atoms with Crippen LogP contribution in [-0.2, 0) is 4.79 Å². The SMILES string of the molecule is O=C1NCCCCC1Sc1ccccc1. The van der Waals surface area contributed by atoms with E-state index in [1.807, 2.05) is 18.2 Å². The number of hydrogen-bond donors (Lipinski definition) is 1. The number of carbonyl (C=O) groups is 1. The van der Waals surface area contributed by atoms with Gasteiger partial charge >= 0.3 is 0 Å². The van der Waals surface area contributed by atoms with Gasteiger partial charge in [0.15, 0.2) is 0 Å². The van der Waals surface area contributed by atoms with Crippen molar-refractivity contribution in [1.29, 1.82) is 0 Å². The average Bonchev–Trinajstić information content (AvgIpc) is 2.46. The molecule has 1 atom stereocenters. The van der Waals surface area contributed by atoms with Gasteiger partial charge in [0.25, 0.3) is 0 Å². The largest absolute Gasteiger partial charge is 0.355 e. The van der Waals surface area contributed by atoms with Gasteiger partial charge in [-0.3, -0.25) is 4.79 Å². The van der Waals surface area contributed by atoms with E-state index in [2.05, 4.69) is 17.4 Å². The predicted molar refractivity (Wildman–Crippen MR) is 62.9 cm³/mol. The molecule has 2 nitrogen and oxygen atoms in total. The summed E-state index contributed by atoms with van der Waals surface area (Å²) in [6.45, 7) is 0.838. The third-order valence-electron chi connectivity index (χ3n) is 2.51. The quantitative estimate of drug-likeness (QED) is 0.831. The molecule has 3 heteroatoms. The van der Waals surface area contributed by atoms with Crippen LogP contribution >= 0.6 is 11.8 Å². The number of hydrogen-bond acceptors (Lipinski definition) is 2. The Labute approximate surface area is 94.4 Å². The minimum atomic E-state index is 0.0925. The molecule has 1 fully saturated rings. The molecule has 1 saturated heterocycles. The highest BCUT2D eigenvalue weighted by Crippen LogP contribution is 2.27. The lowest BCUT2D eigenvalue weighted by atomic mass is 10.2. The van der Waals surface area contributed by atoms with E-state index in [4.69, 9.17) is 0 Å². The van der Waals surface area contributed by atoms with E-state index >= 15 is 0 Å². The predicted octanol–water partition coefficient (Wildman–Crippen LogP) is 2.45. The number of nitrogens with one attached hydrogen (secondary N) is 1. The molecule has 80 valence electrons. The highest BCUT2D eigenvalue weighted by molar-refractivity contribution is 8.00. The lowest BCUT2D eigenvalue weighted by Gasteiger charge is -2.12. The van der Waals surface area contributed by atoms with Crippen molar-refractivity contribution in [2.45, 2.75) is 29.4 Å². The molecule has 0 aliphatic carbocycles. The van der Waals surface area contributed by atoms with Crippen LogP contribution in [0.3, 0.4) is 0 Å². The lowest BCUT2D eigenvalue weighted by Crippen LogP contribution is -2.30. The van der Waals surface area contributed by atoms with Gasteiger partial charge in [-0.15, -0.1) is 11.8 Å². The summed E-state index contributed by atoms with van der Waals surface area (Å²) < 4.78 is 0. The van der Waals surface area contributed by atoms with Crippen molar-refractivity contribution in [2.24, 2.45) is 0 Å². The molecule has 1 amide bonds. The summed E-state index contributed by atoms with van der Waals surface area (Å²) in [5.41, 5.74) is 0. The van der Waals surface area contributed by atoms with Crippen LogP contribution in [0.25, 0.3) is 0 Å². The van der Waals surface area contributed by atoms with Crippen molar-refractivity contribution < 1.29 is 4.79 Å². The van der Waals surface area contributed by atoms with E-state index in [1.165, 1.54) is 4.90 Å². The second kappa shape index (κ2) is 5.21. The second-order valence-electron chi connectivity index (χ2n) is 3.71. The Hall–Kier alpha value is -0.960. The van der Waals surface area contributed by atoms with Gasteiger partial charge in [0.1, 0.15) is 0 Å². The molecule has 15 heavy (non-hydrogen) atoms. The van der Waals surface area contributed by atoms with Crippen LogP contribution in [0.4, 0.5) is 0 Å². The molecule has 2 rings (SSSR count). The number of thioether (sulfide) groups is 1. The van der Waals surface area contributed by atoms with E-state index in [0.717, 1.165) is 25.8 Å². The molecule has 0 spiro atoms. The van der Waals surface area contributed by atoms with Crippen molar-refractivity contribution in [1.82, 2.24) is 5.32 Å². The third-order valence-corrected chi connectivity index (χ3v) is 3.78. The Morgan fingerprint density at radius 1 is 1.20 bits per heavy atom. The van der Waals surface area contributed by atoms with Gasteiger partial charge in [0.2, 0.25) is 5.91 Å². The van der Waals surface area contributed by atoms with Crippen LogP contribution in [0.5, 0.6) is 0 Å². The zero-order valence-corrected chi connectivity index (χ0v) is 9.43. The molecule has 1 unspecified atom stereocenters. The molecule has 1 aliphatic heterocycles. The first kappa shape index (κ1) is 10.6. The van der Waals surface area contributed by atoms with Gasteiger partial charge in [-0.25, -0.2) is 0 Å². The van der Waals surface area contributed by atoms with Gasteiger partial charge in [0.05, 0.1) is 5.25 Å². The summed E-state index contributed by atoms with van der Waals surface area (Å²) in [5.74, 6) is 0.196. The van der Waals surface area contributed by atoms with Crippen molar-refractivity contribution in [2.75, 3.05) is 6.54 Å². The first-order valence-electron chi connectivity index (χ1n) is 5.36. The molecular formula is C12H15NOS. The number of benzene rings is 1. The van der Waals surface area contributed by atoms with Gasteiger partial charge < -0.3 is 5.32 Å². The van der Waals surface area contributed by atoms with Crippen LogP contribution in [0, 0.1) is 0 Å². The van der Waals surface area contributed by atoms with Crippen molar-refractivity contribution in [3.8, 4) is 0 Å². The Balaban J connectivity index is 2.01. The zero-order chi connectivity index (χ0) is 10.5. The molecule has 0 saturated carbocycles. The van der Waals surface area contributed by atoms with Crippen LogP contribution in [0.1, 0.15) is 19.3 Å². The summed E-state index contributed by atoms with van der Waals surface area (Å²) in [6, 6.07) is 10.1. The summed E-state index contributed by atoms with van der Waals surface area (Å²) >= 11 is 1.67. The first-order valence-corrected chi connectivity index (χ1v) is 6.23. The number of rotatable bonds is 2. The van der Waals surface area contributed by atoms with Crippen LogP contribution < -0.4 is 5.32 Å². The lowest BCUT2D eigenvalue weighted by molar-refractivity contribution is -0.120. The van der Waals surface area contributed by atoms with Crippen molar-refractivity contribution in [3.05, 3.63) is 30.3 Å². The van der Waals surface area contributed by atoms with Crippen molar-refractivity contribution >= 4 is 17.7 Å². The van der Waals surface area contributed by atoms with Crippen LogP contribution in [0.15, 0.2) is 35.2 Å². The maximum atomic E-state index is 11.7. The van der Waals surface area contributed by atoms with E-state index in [9.17, 15) is 4.79 Å². The monoisotopic (exact) mass is 221 g/mol. The average molecular weight is 221 g/mol. The smallest absolute Gasteiger partial charge is 0.233 e. The Kier molecular flexibility index (Phi) is 3.67. The Morgan fingerprint density at radius 2 is 2.00 bits per heavy atom. The molecular weight excluding hydrogens is 206 g/mol. The topological polar surface area (TPSA) is 29.1 Å². The summed E-state index contributed by atoms with van der Waals surface area (Å²) in [5, 5.41) is 3.05. The van der Waals surface area contributed by atoms with E-state index < -0.39 is 0 Å². The molecule has 0 aromatic heterocycles. The zero-order valence-electron chi connectivity index (χ0n) is 8.61. The fraction of sp³-hybridized carbons (Fsp3) is 0.417. The minimum absolute atomic E-state index is 0.0925. The maximum absolute atomic E-state index is 11.7. The van der Waals surface area contributed by atoms with Gasteiger partial charge in [-0.1, -0.05) is 24.6 Å². The molecule has 0 bridgehead atoms. The third kappa shape index (κ3) is 2.99. The number of carbonyl (C=O) groups excluding carboxylic acids is 1. The van der Waals surface area contributed by atoms with Gasteiger partial charge in [0, 0.05) is 11.4 Å². The van der Waals surface area contributed by atoms with E-state index in [-0.39, 0.29) is 11.2 Å². The molecule has 1 aromatic carbocycles. The highest BCUT2D eigenvalue weighted by Gasteiger charge is 2.21. The van der Waals surface area contributed by atoms with Crippen molar-refractivity contribution in [3.63, 3.8) is 0 Å². The number of amides is 1. The van der Waals surface area contributed by atoms with Gasteiger partial charge in [-0.2, -0.15) is 0 Å². The Bertz CT molecular complexity index is 326. The first-order chi connectivity index (χ1) is 7.36. The normalized spacial score (nSPS) is 21.9. The summed E-state index contributed by atoms with van der Waals surface area (Å²) in [6.07, 6.45) is 3.24. The fourth-order valence-corrected chi connectivity index (χ4v) is 2.80. The maximum Gasteiger partial charge on any atom is 0.233 e. The summed E-state index contributed by atoms with van der Waals surface area (Å²) in [7, 11) is 0. The van der Waals surface area contributed by atoms with Crippen LogP contribution in [-0.4, -0.2) is 17.7 Å². The fourth-order valence-electron chi connectivity index (χ4n) is 1.69. The molecule has 1 N–H and O–H groups in total. The second-order valence-corrected chi connectivity index (χ2v) is 4.98. The molecule has 1 aliphatic rings. The van der Waals surface area contributed by atoms with Crippen LogP contribution in [0.2, 0.25) is 0 Å².